The van der Waals surface area contributed by atoms with Crippen molar-refractivity contribution >= 4 is 17.7 Å². The summed E-state index contributed by atoms with van der Waals surface area (Å²) < 4.78 is 64.9. The monoisotopic (exact) mass is 270 g/mol. The van der Waals surface area contributed by atoms with Gasteiger partial charge in [0.2, 0.25) is 5.82 Å². The van der Waals surface area contributed by atoms with Gasteiger partial charge in [-0.25, -0.2) is 22.0 Å². The van der Waals surface area contributed by atoms with Crippen LogP contribution in [0.2, 0.25) is 0 Å². The van der Waals surface area contributed by atoms with Gasteiger partial charge in [0, 0.05) is 5.88 Å². The second-order valence-electron chi connectivity index (χ2n) is 3.27. The maximum atomic E-state index is 13.2. The maximum absolute atomic E-state index is 13.2. The lowest BCUT2D eigenvalue weighted by Crippen LogP contribution is -2.04. The van der Waals surface area contributed by atoms with Gasteiger partial charge in [-0.05, 0) is 12.5 Å². The molecule has 0 aliphatic carbocycles. The van der Waals surface area contributed by atoms with E-state index in [0.29, 0.717) is 12.0 Å². The van der Waals surface area contributed by atoms with Crippen molar-refractivity contribution in [1.29, 1.82) is 0 Å². The average molecular weight is 271 g/mol. The minimum absolute atomic E-state index is 0.0456. The highest BCUT2D eigenvalue weighted by atomic mass is 35.5. The first kappa shape index (κ1) is 14.0. The Hall–Kier alpha value is -1.10. The quantitative estimate of drug-likeness (QED) is 0.330. The Balaban J connectivity index is 3.49. The fraction of sp³-hybridized carbons (Fsp3) is 0.273. The summed E-state index contributed by atoms with van der Waals surface area (Å²) in [5, 5.41) is 0. The van der Waals surface area contributed by atoms with Crippen molar-refractivity contribution in [2.75, 3.05) is 5.88 Å². The molecule has 0 N–H and O–H groups in total. The highest BCUT2D eigenvalue weighted by molar-refractivity contribution is 6.19. The molecule has 0 amide bonds. The molecule has 0 fully saturated rings. The summed E-state index contributed by atoms with van der Waals surface area (Å²) in [5.74, 6) is -9.83. The number of hydrogen-bond donors (Lipinski definition) is 0. The highest BCUT2D eigenvalue weighted by Gasteiger charge is 2.24. The molecule has 0 saturated carbocycles. The van der Waals surface area contributed by atoms with E-state index in [-0.39, 0.29) is 5.88 Å². The molecule has 1 aromatic carbocycles. The van der Waals surface area contributed by atoms with Gasteiger partial charge < -0.3 is 0 Å². The van der Waals surface area contributed by atoms with Gasteiger partial charge in [-0.3, -0.25) is 0 Å². The van der Waals surface area contributed by atoms with E-state index in [9.17, 15) is 22.0 Å². The normalized spacial score (nSPS) is 12.1. The molecule has 0 heterocycles. The highest BCUT2D eigenvalue weighted by Crippen LogP contribution is 2.25. The van der Waals surface area contributed by atoms with Crippen LogP contribution in [0.5, 0.6) is 0 Å². The van der Waals surface area contributed by atoms with E-state index in [1.165, 1.54) is 0 Å². The molecule has 0 spiro atoms. The molecule has 94 valence electrons. The van der Waals surface area contributed by atoms with E-state index in [0.717, 1.165) is 6.08 Å². The smallest absolute Gasteiger partial charge is 0.200 e. The third kappa shape index (κ3) is 2.60. The second kappa shape index (κ2) is 5.49. The van der Waals surface area contributed by atoms with Gasteiger partial charge in [0.25, 0.3) is 0 Å². The van der Waals surface area contributed by atoms with Crippen molar-refractivity contribution in [3.63, 3.8) is 0 Å². The fourth-order valence-corrected chi connectivity index (χ4v) is 1.45. The van der Waals surface area contributed by atoms with Crippen LogP contribution in [0.15, 0.2) is 5.57 Å². The van der Waals surface area contributed by atoms with Crippen LogP contribution in [0.1, 0.15) is 18.9 Å². The first-order valence-electron chi connectivity index (χ1n) is 4.70. The molecule has 0 bridgehead atoms. The Kier molecular flexibility index (Phi) is 4.51. The molecular formula is C11H8ClF5. The summed E-state index contributed by atoms with van der Waals surface area (Å²) >= 11 is 5.46. The lowest BCUT2D eigenvalue weighted by molar-refractivity contribution is 0.377. The molecule has 6 heteroatoms. The van der Waals surface area contributed by atoms with E-state index in [1.807, 2.05) is 0 Å². The second-order valence-corrected chi connectivity index (χ2v) is 3.54. The zero-order chi connectivity index (χ0) is 13.2. The number of hydrogen-bond acceptors (Lipinski definition) is 0. The number of rotatable bonds is 3. The fourth-order valence-electron chi connectivity index (χ4n) is 1.19. The number of halogens is 6. The largest absolute Gasteiger partial charge is 0.203 e. The number of benzene rings is 1. The zero-order valence-corrected chi connectivity index (χ0v) is 9.52. The SMILES string of the molecule is CCC(=Cc1c(F)c(F)c(F)c(F)c1F)CCl. The summed E-state index contributed by atoms with van der Waals surface area (Å²) in [7, 11) is 0. The molecule has 0 aliphatic heterocycles. The number of alkyl halides is 1. The molecular weight excluding hydrogens is 263 g/mol. The molecule has 17 heavy (non-hydrogen) atoms. The summed E-state index contributed by atoms with van der Waals surface area (Å²) in [5.41, 5.74) is -0.589. The predicted octanol–water partition coefficient (Wildman–Crippen LogP) is 4.41. The molecule has 0 radical (unpaired) electrons. The topological polar surface area (TPSA) is 0 Å². The van der Waals surface area contributed by atoms with Gasteiger partial charge in [-0.15, -0.1) is 11.6 Å². The third-order valence-corrected chi connectivity index (χ3v) is 2.56. The van der Waals surface area contributed by atoms with Gasteiger partial charge in [-0.2, -0.15) is 0 Å². The molecule has 0 aliphatic rings. The van der Waals surface area contributed by atoms with Gasteiger partial charge >= 0.3 is 0 Å². The Labute approximate surface area is 99.7 Å². The van der Waals surface area contributed by atoms with Crippen molar-refractivity contribution in [3.05, 3.63) is 40.2 Å². The van der Waals surface area contributed by atoms with Crippen LogP contribution in [0, 0.1) is 29.1 Å². The van der Waals surface area contributed by atoms with Crippen LogP contribution in [0.25, 0.3) is 6.08 Å². The van der Waals surface area contributed by atoms with E-state index in [4.69, 9.17) is 11.6 Å². The van der Waals surface area contributed by atoms with Crippen LogP contribution in [-0.2, 0) is 0 Å². The number of allylic oxidation sites excluding steroid dienone is 1. The van der Waals surface area contributed by atoms with Crippen LogP contribution in [0.4, 0.5) is 22.0 Å². The van der Waals surface area contributed by atoms with Crippen molar-refractivity contribution < 1.29 is 22.0 Å². The van der Waals surface area contributed by atoms with Crippen LogP contribution in [0.3, 0.4) is 0 Å². The summed E-state index contributed by atoms with van der Waals surface area (Å²) in [4.78, 5) is 0. The molecule has 1 rings (SSSR count). The third-order valence-electron chi connectivity index (χ3n) is 2.22. The van der Waals surface area contributed by atoms with E-state index >= 15 is 0 Å². The van der Waals surface area contributed by atoms with Crippen molar-refractivity contribution in [3.8, 4) is 0 Å². The van der Waals surface area contributed by atoms with Gasteiger partial charge in [-0.1, -0.05) is 12.5 Å². The van der Waals surface area contributed by atoms with Gasteiger partial charge in [0.1, 0.15) is 0 Å². The van der Waals surface area contributed by atoms with Crippen molar-refractivity contribution in [1.82, 2.24) is 0 Å². The van der Waals surface area contributed by atoms with Crippen LogP contribution in [-0.4, -0.2) is 5.88 Å². The van der Waals surface area contributed by atoms with E-state index < -0.39 is 34.6 Å². The lowest BCUT2D eigenvalue weighted by Gasteiger charge is -2.06. The Morgan fingerprint density at radius 1 is 0.941 bits per heavy atom. The molecule has 0 aromatic heterocycles. The molecule has 0 unspecified atom stereocenters. The Morgan fingerprint density at radius 3 is 1.71 bits per heavy atom. The Morgan fingerprint density at radius 2 is 1.35 bits per heavy atom. The molecule has 0 atom stereocenters. The standard InChI is InChI=1S/C11H8ClF5/c1-2-5(4-12)3-6-7(13)9(15)11(17)10(16)8(6)14/h3H,2,4H2,1H3. The first-order valence-corrected chi connectivity index (χ1v) is 5.24. The minimum Gasteiger partial charge on any atom is -0.203 e. The lowest BCUT2D eigenvalue weighted by atomic mass is 10.1. The molecule has 0 nitrogen and oxygen atoms in total. The summed E-state index contributed by atoms with van der Waals surface area (Å²) in [6.07, 6.45) is 1.23. The minimum atomic E-state index is -2.17. The maximum Gasteiger partial charge on any atom is 0.200 e. The van der Waals surface area contributed by atoms with Gasteiger partial charge in [0.15, 0.2) is 23.3 Å². The first-order chi connectivity index (χ1) is 7.93. The average Bonchev–Trinajstić information content (AvgIpc) is 2.34. The molecule has 1 aromatic rings. The summed E-state index contributed by atoms with van der Waals surface area (Å²) in [6, 6.07) is 0. The predicted molar refractivity (Wildman–Crippen MR) is 55.2 cm³/mol. The Bertz CT molecular complexity index is 432. The van der Waals surface area contributed by atoms with Crippen molar-refractivity contribution in [2.45, 2.75) is 13.3 Å². The van der Waals surface area contributed by atoms with Crippen LogP contribution < -0.4 is 0 Å². The summed E-state index contributed by atoms with van der Waals surface area (Å²) in [6.45, 7) is 1.65. The van der Waals surface area contributed by atoms with Gasteiger partial charge in [0.05, 0.1) is 5.56 Å². The van der Waals surface area contributed by atoms with E-state index in [1.54, 1.807) is 6.92 Å². The zero-order valence-electron chi connectivity index (χ0n) is 8.76. The molecule has 0 saturated heterocycles. The van der Waals surface area contributed by atoms with Crippen LogP contribution >= 0.6 is 11.6 Å². The van der Waals surface area contributed by atoms with E-state index in [2.05, 4.69) is 0 Å². The van der Waals surface area contributed by atoms with Crippen molar-refractivity contribution in [2.24, 2.45) is 0 Å².